The molecule has 0 bridgehead atoms. The van der Waals surface area contributed by atoms with Crippen LogP contribution in [0.5, 0.6) is 0 Å². The summed E-state index contributed by atoms with van der Waals surface area (Å²) < 4.78 is 70.8. The minimum atomic E-state index is -4.57. The standard InChI is InChI=1S/2C18H16O3S.Ca/c2*1-12(2)9-16-8-7-15-10-13-5-3-4-6-14(13)11-17(15)18(16)22(19,20)21;/h2*3-8,10-11H,1,9H2,2H3,(H,19,20,21);/q;;+2/p-2. The van der Waals surface area contributed by atoms with E-state index in [1.165, 1.54) is 0 Å². The van der Waals surface area contributed by atoms with Crippen LogP contribution in [-0.4, -0.2) is 63.7 Å². The van der Waals surface area contributed by atoms with Gasteiger partial charge in [-0.05, 0) is 94.4 Å². The van der Waals surface area contributed by atoms with Gasteiger partial charge in [0.25, 0.3) is 0 Å². The largest absolute Gasteiger partial charge is 2.00 e. The number of benzene rings is 6. The summed E-state index contributed by atoms with van der Waals surface area (Å²) in [5.41, 5.74) is 2.63. The van der Waals surface area contributed by atoms with Crippen molar-refractivity contribution in [2.24, 2.45) is 0 Å². The van der Waals surface area contributed by atoms with Gasteiger partial charge in [-0.3, -0.25) is 0 Å². The van der Waals surface area contributed by atoms with Crippen LogP contribution in [0, 0.1) is 0 Å². The third-order valence-corrected chi connectivity index (χ3v) is 9.29. The second kappa shape index (κ2) is 13.7. The van der Waals surface area contributed by atoms with Crippen LogP contribution in [0.4, 0.5) is 0 Å². The Labute approximate surface area is 293 Å². The van der Waals surface area contributed by atoms with Crippen molar-refractivity contribution in [3.63, 3.8) is 0 Å². The van der Waals surface area contributed by atoms with Crippen molar-refractivity contribution in [2.45, 2.75) is 36.5 Å². The van der Waals surface area contributed by atoms with Crippen molar-refractivity contribution >= 4 is 101 Å². The molecule has 224 valence electrons. The van der Waals surface area contributed by atoms with Crippen LogP contribution in [0.2, 0.25) is 0 Å². The molecule has 0 aliphatic carbocycles. The number of hydrogen-bond donors (Lipinski definition) is 0. The van der Waals surface area contributed by atoms with Crippen molar-refractivity contribution in [3.8, 4) is 0 Å². The molecule has 6 nitrogen and oxygen atoms in total. The molecular weight excluding hydrogens is 633 g/mol. The van der Waals surface area contributed by atoms with E-state index in [0.29, 0.717) is 34.7 Å². The third-order valence-electron chi connectivity index (χ3n) is 7.32. The summed E-state index contributed by atoms with van der Waals surface area (Å²) in [6.45, 7) is 11.2. The first-order valence-electron chi connectivity index (χ1n) is 13.8. The predicted octanol–water partition coefficient (Wildman–Crippen LogP) is 7.65. The van der Waals surface area contributed by atoms with E-state index >= 15 is 0 Å². The van der Waals surface area contributed by atoms with Crippen molar-refractivity contribution < 1.29 is 25.9 Å². The first kappa shape index (κ1) is 34.8. The van der Waals surface area contributed by atoms with Crippen LogP contribution >= 0.6 is 0 Å². The maximum absolute atomic E-state index is 11.8. The zero-order valence-corrected chi connectivity index (χ0v) is 28.9. The van der Waals surface area contributed by atoms with Crippen LogP contribution in [-0.2, 0) is 33.1 Å². The molecule has 0 radical (unpaired) electrons. The summed E-state index contributed by atoms with van der Waals surface area (Å²) in [5, 5.41) is 6.30. The van der Waals surface area contributed by atoms with Crippen molar-refractivity contribution in [2.75, 3.05) is 0 Å². The Bertz CT molecular complexity index is 2180. The van der Waals surface area contributed by atoms with Crippen LogP contribution in [0.1, 0.15) is 25.0 Å². The first-order valence-corrected chi connectivity index (χ1v) is 16.6. The van der Waals surface area contributed by atoms with Gasteiger partial charge in [-0.15, -0.1) is 0 Å². The van der Waals surface area contributed by atoms with E-state index < -0.39 is 20.2 Å². The van der Waals surface area contributed by atoms with E-state index in [-0.39, 0.29) is 47.5 Å². The third kappa shape index (κ3) is 7.84. The molecular formula is C36H30CaO6S2. The maximum atomic E-state index is 11.8. The fraction of sp³-hybridized carbons (Fsp3) is 0.111. The molecule has 0 saturated carbocycles. The minimum Gasteiger partial charge on any atom is -0.744 e. The van der Waals surface area contributed by atoms with E-state index in [1.54, 1.807) is 24.3 Å². The molecule has 0 unspecified atom stereocenters. The molecule has 0 aliphatic heterocycles. The van der Waals surface area contributed by atoms with Gasteiger partial charge in [-0.2, -0.15) is 0 Å². The zero-order valence-electron chi connectivity index (χ0n) is 25.0. The van der Waals surface area contributed by atoms with Crippen molar-refractivity contribution in [3.05, 3.63) is 132 Å². The van der Waals surface area contributed by atoms with E-state index in [2.05, 4.69) is 13.2 Å². The average Bonchev–Trinajstić information content (AvgIpc) is 2.93. The van der Waals surface area contributed by atoms with E-state index in [0.717, 1.165) is 43.5 Å². The molecule has 0 aromatic heterocycles. The van der Waals surface area contributed by atoms with E-state index in [9.17, 15) is 25.9 Å². The number of hydrogen-bond acceptors (Lipinski definition) is 6. The summed E-state index contributed by atoms with van der Waals surface area (Å²) in [4.78, 5) is -0.252. The van der Waals surface area contributed by atoms with Gasteiger partial charge in [-0.25, -0.2) is 16.8 Å². The Morgan fingerprint density at radius 2 is 0.844 bits per heavy atom. The van der Waals surface area contributed by atoms with Crippen LogP contribution in [0.3, 0.4) is 0 Å². The second-order valence-electron chi connectivity index (χ2n) is 11.1. The Balaban J connectivity index is 0.000000200. The summed E-state index contributed by atoms with van der Waals surface area (Å²) in [7, 11) is -9.13. The topological polar surface area (TPSA) is 114 Å². The van der Waals surface area contributed by atoms with Crippen LogP contribution < -0.4 is 0 Å². The molecule has 0 fully saturated rings. The smallest absolute Gasteiger partial charge is 0.744 e. The zero-order chi connectivity index (χ0) is 31.8. The molecule has 0 aliphatic rings. The van der Waals surface area contributed by atoms with Gasteiger partial charge in [0, 0.05) is 10.8 Å². The summed E-state index contributed by atoms with van der Waals surface area (Å²) in [5.74, 6) is 0. The van der Waals surface area contributed by atoms with E-state index in [4.69, 9.17) is 0 Å². The second-order valence-corrected chi connectivity index (χ2v) is 13.8. The molecule has 6 aromatic rings. The molecule has 9 heteroatoms. The number of rotatable bonds is 6. The monoisotopic (exact) mass is 662 g/mol. The first-order chi connectivity index (χ1) is 20.7. The average molecular weight is 663 g/mol. The molecule has 0 heterocycles. The summed E-state index contributed by atoms with van der Waals surface area (Å²) >= 11 is 0. The van der Waals surface area contributed by atoms with Gasteiger partial charge in [0.1, 0.15) is 20.2 Å². The SMILES string of the molecule is C=C(C)Cc1ccc2cc3ccccc3cc2c1S(=O)(=O)[O-].C=C(C)Cc1ccc2cc3ccccc3cc2c1S(=O)(=O)[O-].[Ca+2]. The Morgan fingerprint density at radius 3 is 1.13 bits per heavy atom. The molecule has 6 rings (SSSR count). The maximum Gasteiger partial charge on any atom is 2.00 e. The quantitative estimate of drug-likeness (QED) is 0.0783. The van der Waals surface area contributed by atoms with Gasteiger partial charge in [0.2, 0.25) is 0 Å². The Morgan fingerprint density at radius 1 is 0.533 bits per heavy atom. The normalized spacial score (nSPS) is 11.6. The molecule has 45 heavy (non-hydrogen) atoms. The van der Waals surface area contributed by atoms with Gasteiger partial charge in [0.05, 0.1) is 9.79 Å². The molecule has 0 atom stereocenters. The van der Waals surface area contributed by atoms with Gasteiger partial charge < -0.3 is 9.11 Å². The fourth-order valence-corrected chi connectivity index (χ4v) is 7.40. The predicted molar refractivity (Wildman–Crippen MR) is 182 cm³/mol. The van der Waals surface area contributed by atoms with E-state index in [1.807, 2.05) is 86.6 Å². The van der Waals surface area contributed by atoms with Crippen molar-refractivity contribution in [1.29, 1.82) is 0 Å². The number of fused-ring (bicyclic) bond motifs is 4. The number of allylic oxidation sites excluding steroid dienone is 2. The Kier molecular flexibility index (Phi) is 10.6. The summed E-state index contributed by atoms with van der Waals surface area (Å²) in [6.07, 6.45) is 0.749. The summed E-state index contributed by atoms with van der Waals surface area (Å²) in [6, 6.07) is 29.8. The van der Waals surface area contributed by atoms with Gasteiger partial charge in [0.15, 0.2) is 0 Å². The van der Waals surface area contributed by atoms with Gasteiger partial charge in [-0.1, -0.05) is 97.1 Å². The Hall–Kier alpha value is -3.08. The molecule has 0 amide bonds. The van der Waals surface area contributed by atoms with Crippen molar-refractivity contribution in [1.82, 2.24) is 0 Å². The molecule has 0 spiro atoms. The van der Waals surface area contributed by atoms with Gasteiger partial charge >= 0.3 is 37.7 Å². The molecule has 0 saturated heterocycles. The van der Waals surface area contributed by atoms with Crippen LogP contribution in [0.15, 0.2) is 131 Å². The minimum absolute atomic E-state index is 0. The fourth-order valence-electron chi connectivity index (χ4n) is 5.58. The van der Waals surface area contributed by atoms with Crippen LogP contribution in [0.25, 0.3) is 43.1 Å². The molecule has 6 aromatic carbocycles. The molecule has 0 N–H and O–H groups in total.